The Hall–Kier alpha value is -2.33. The average Bonchev–Trinajstić information content (AvgIpc) is 3.11. The molecule has 0 spiro atoms. The molecule has 4 rings (SSSR count). The van der Waals surface area contributed by atoms with Gasteiger partial charge in [-0.25, -0.2) is 9.97 Å². The van der Waals surface area contributed by atoms with Crippen LogP contribution in [-0.2, 0) is 0 Å². The summed E-state index contributed by atoms with van der Waals surface area (Å²) in [5.41, 5.74) is -3.52. The zero-order valence-electron chi connectivity index (χ0n) is 14.5. The number of amides is 1. The van der Waals surface area contributed by atoms with Crippen molar-refractivity contribution in [2.24, 2.45) is 0 Å². The number of carbonyl (C=O) groups is 1. The topological polar surface area (TPSA) is 49.3 Å². The first-order valence-corrected chi connectivity index (χ1v) is 10.1. The number of pyridine rings is 1. The van der Waals surface area contributed by atoms with E-state index < -0.39 is 5.51 Å². The molecule has 1 aromatic carbocycles. The lowest BCUT2D eigenvalue weighted by atomic mass is 10.2. The standard InChI is InChI=1S/C18H15F3N4OS2/c19-18(20,21)28-14-6-2-1-4-12(14)16(26)24-8-10-25(11-9-24)17-23-13-5-3-7-22-15(13)27-17/h1-7H,8-11H2. The molecule has 1 saturated heterocycles. The quantitative estimate of drug-likeness (QED) is 0.588. The van der Waals surface area contributed by atoms with Crippen LogP contribution >= 0.6 is 23.1 Å². The van der Waals surface area contributed by atoms with Crippen LogP contribution in [0.3, 0.4) is 0 Å². The summed E-state index contributed by atoms with van der Waals surface area (Å²) >= 11 is 1.24. The first kappa shape index (κ1) is 19.0. The fraction of sp³-hybridized carbons (Fsp3) is 0.278. The summed E-state index contributed by atoms with van der Waals surface area (Å²) in [4.78, 5) is 26.1. The zero-order chi connectivity index (χ0) is 19.7. The number of aromatic nitrogens is 2. The normalized spacial score (nSPS) is 15.2. The Morgan fingerprint density at radius 3 is 2.54 bits per heavy atom. The number of hydrogen-bond donors (Lipinski definition) is 0. The molecule has 1 aliphatic heterocycles. The highest BCUT2D eigenvalue weighted by atomic mass is 32.2. The van der Waals surface area contributed by atoms with Crippen molar-refractivity contribution in [3.8, 4) is 0 Å². The molecule has 3 aromatic rings. The van der Waals surface area contributed by atoms with Gasteiger partial charge in [-0.2, -0.15) is 13.2 Å². The van der Waals surface area contributed by atoms with Crippen LogP contribution in [0.4, 0.5) is 18.3 Å². The van der Waals surface area contributed by atoms with Crippen molar-refractivity contribution in [2.45, 2.75) is 10.4 Å². The van der Waals surface area contributed by atoms with Gasteiger partial charge in [0.1, 0.15) is 10.3 Å². The number of rotatable bonds is 3. The van der Waals surface area contributed by atoms with Crippen molar-refractivity contribution >= 4 is 44.5 Å². The second-order valence-corrected chi connectivity index (χ2v) is 8.21. The van der Waals surface area contributed by atoms with Crippen LogP contribution in [0.2, 0.25) is 0 Å². The van der Waals surface area contributed by atoms with Crippen molar-refractivity contribution in [3.63, 3.8) is 0 Å². The summed E-state index contributed by atoms with van der Waals surface area (Å²) in [6.45, 7) is 1.99. The van der Waals surface area contributed by atoms with E-state index in [0.717, 1.165) is 15.5 Å². The van der Waals surface area contributed by atoms with Gasteiger partial charge in [0.15, 0.2) is 5.13 Å². The second-order valence-electron chi connectivity index (χ2n) is 6.15. The maximum Gasteiger partial charge on any atom is 0.446 e. The van der Waals surface area contributed by atoms with Crippen molar-refractivity contribution < 1.29 is 18.0 Å². The fourth-order valence-corrected chi connectivity index (χ4v) is 4.64. The van der Waals surface area contributed by atoms with Gasteiger partial charge in [0.25, 0.3) is 5.91 Å². The number of carbonyl (C=O) groups excluding carboxylic acids is 1. The Balaban J connectivity index is 1.46. The van der Waals surface area contributed by atoms with Crippen molar-refractivity contribution in [1.29, 1.82) is 0 Å². The number of anilines is 1. The van der Waals surface area contributed by atoms with E-state index in [1.54, 1.807) is 17.2 Å². The first-order valence-electron chi connectivity index (χ1n) is 8.51. The van der Waals surface area contributed by atoms with Gasteiger partial charge in [0, 0.05) is 37.3 Å². The lowest BCUT2D eigenvalue weighted by Crippen LogP contribution is -2.48. The molecule has 1 fully saturated rings. The number of thiazole rings is 1. The zero-order valence-corrected chi connectivity index (χ0v) is 16.2. The molecule has 0 bridgehead atoms. The van der Waals surface area contributed by atoms with E-state index in [9.17, 15) is 18.0 Å². The van der Waals surface area contributed by atoms with Crippen LogP contribution in [0, 0.1) is 0 Å². The molecular formula is C18H15F3N4OS2. The highest BCUT2D eigenvalue weighted by Gasteiger charge is 2.32. The van der Waals surface area contributed by atoms with E-state index in [1.807, 2.05) is 12.1 Å². The Morgan fingerprint density at radius 1 is 1.07 bits per heavy atom. The minimum Gasteiger partial charge on any atom is -0.344 e. The largest absolute Gasteiger partial charge is 0.446 e. The third-order valence-corrected chi connectivity index (χ3v) is 6.18. The van der Waals surface area contributed by atoms with Gasteiger partial charge in [-0.15, -0.1) is 0 Å². The van der Waals surface area contributed by atoms with Crippen LogP contribution in [0.15, 0.2) is 47.5 Å². The molecule has 0 atom stereocenters. The van der Waals surface area contributed by atoms with E-state index in [4.69, 9.17) is 0 Å². The molecule has 0 unspecified atom stereocenters. The number of benzene rings is 1. The highest BCUT2D eigenvalue weighted by Crippen LogP contribution is 2.39. The van der Waals surface area contributed by atoms with Crippen LogP contribution in [-0.4, -0.2) is 52.5 Å². The third-order valence-electron chi connectivity index (χ3n) is 4.34. The minimum atomic E-state index is -4.43. The van der Waals surface area contributed by atoms with E-state index in [2.05, 4.69) is 14.9 Å². The van der Waals surface area contributed by atoms with Crippen LogP contribution in [0.5, 0.6) is 0 Å². The van der Waals surface area contributed by atoms with Crippen LogP contribution < -0.4 is 4.90 Å². The third kappa shape index (κ3) is 4.07. The average molecular weight is 424 g/mol. The summed E-state index contributed by atoms with van der Waals surface area (Å²) in [6.07, 6.45) is 1.72. The Bertz CT molecular complexity index is 967. The summed E-state index contributed by atoms with van der Waals surface area (Å²) in [5.74, 6) is -0.377. The molecule has 0 radical (unpaired) electrons. The van der Waals surface area contributed by atoms with E-state index in [1.165, 1.54) is 29.5 Å². The molecule has 1 aliphatic rings. The number of thioether (sulfide) groups is 1. The van der Waals surface area contributed by atoms with Gasteiger partial charge in [-0.3, -0.25) is 4.79 Å². The van der Waals surface area contributed by atoms with E-state index in [0.29, 0.717) is 26.2 Å². The van der Waals surface area contributed by atoms with Gasteiger partial charge >= 0.3 is 5.51 Å². The molecule has 3 heterocycles. The SMILES string of the molecule is O=C(c1ccccc1SC(F)(F)F)N1CCN(c2nc3cccnc3s2)CC1. The Morgan fingerprint density at radius 2 is 1.82 bits per heavy atom. The van der Waals surface area contributed by atoms with Gasteiger partial charge in [0.2, 0.25) is 0 Å². The van der Waals surface area contributed by atoms with E-state index in [-0.39, 0.29) is 28.1 Å². The number of hydrogen-bond acceptors (Lipinski definition) is 6. The highest BCUT2D eigenvalue weighted by molar-refractivity contribution is 8.00. The molecule has 0 N–H and O–H groups in total. The van der Waals surface area contributed by atoms with Gasteiger partial charge in [-0.05, 0) is 36.0 Å². The van der Waals surface area contributed by atoms with Crippen molar-refractivity contribution in [2.75, 3.05) is 31.1 Å². The van der Waals surface area contributed by atoms with E-state index >= 15 is 0 Å². The van der Waals surface area contributed by atoms with Crippen LogP contribution in [0.25, 0.3) is 10.3 Å². The summed E-state index contributed by atoms with van der Waals surface area (Å²) in [6, 6.07) is 9.59. The Labute approximate surface area is 167 Å². The molecule has 0 aliphatic carbocycles. The first-order chi connectivity index (χ1) is 13.4. The molecule has 1 amide bonds. The number of fused-ring (bicyclic) bond motifs is 1. The van der Waals surface area contributed by atoms with Gasteiger partial charge in [0.05, 0.1) is 5.56 Å². The molecular weight excluding hydrogens is 409 g/mol. The number of halogens is 3. The maximum absolute atomic E-state index is 12.8. The summed E-state index contributed by atoms with van der Waals surface area (Å²) in [7, 11) is 0. The molecule has 0 saturated carbocycles. The van der Waals surface area contributed by atoms with Gasteiger partial charge in [-0.1, -0.05) is 23.5 Å². The van der Waals surface area contributed by atoms with Crippen LogP contribution in [0.1, 0.15) is 10.4 Å². The van der Waals surface area contributed by atoms with Crippen molar-refractivity contribution in [1.82, 2.24) is 14.9 Å². The molecule has 28 heavy (non-hydrogen) atoms. The predicted octanol–water partition coefficient (Wildman–Crippen LogP) is 4.27. The number of piperazine rings is 1. The minimum absolute atomic E-state index is 0.0697. The lowest BCUT2D eigenvalue weighted by Gasteiger charge is -2.34. The number of alkyl halides is 3. The molecule has 10 heteroatoms. The monoisotopic (exact) mass is 424 g/mol. The fourth-order valence-electron chi connectivity index (χ4n) is 3.02. The Kier molecular flexibility index (Phi) is 5.15. The summed E-state index contributed by atoms with van der Waals surface area (Å²) in [5, 5.41) is 0.842. The van der Waals surface area contributed by atoms with Gasteiger partial charge < -0.3 is 9.80 Å². The lowest BCUT2D eigenvalue weighted by molar-refractivity contribution is -0.0328. The van der Waals surface area contributed by atoms with Crippen molar-refractivity contribution in [3.05, 3.63) is 48.2 Å². The molecule has 5 nitrogen and oxygen atoms in total. The molecule has 2 aromatic heterocycles. The predicted molar refractivity (Wildman–Crippen MR) is 104 cm³/mol. The molecule has 146 valence electrons. The maximum atomic E-state index is 12.8. The second kappa shape index (κ2) is 7.59. The smallest absolute Gasteiger partial charge is 0.344 e. The number of nitrogens with zero attached hydrogens (tertiary/aromatic N) is 4. The summed E-state index contributed by atoms with van der Waals surface area (Å²) < 4.78 is 38.3.